The van der Waals surface area contributed by atoms with E-state index in [0.717, 1.165) is 0 Å². The van der Waals surface area contributed by atoms with Crippen molar-refractivity contribution < 1.29 is 13.5 Å². The van der Waals surface area contributed by atoms with E-state index in [9.17, 15) is 14.0 Å². The van der Waals surface area contributed by atoms with Crippen LogP contribution in [0.4, 0.5) is 8.78 Å². The van der Waals surface area contributed by atoms with Gasteiger partial charge in [0.1, 0.15) is 5.41 Å². The molecule has 0 N–H and O–H groups in total. The lowest BCUT2D eigenvalue weighted by atomic mass is 9.79. The lowest BCUT2D eigenvalue weighted by Gasteiger charge is -2.36. The van der Waals surface area contributed by atoms with Crippen molar-refractivity contribution in [2.24, 2.45) is 5.92 Å². The van der Waals surface area contributed by atoms with E-state index in [-0.39, 0.29) is 31.1 Å². The minimum absolute atomic E-state index is 0.0137. The van der Waals surface area contributed by atoms with Crippen molar-refractivity contribution in [3.63, 3.8) is 0 Å². The van der Waals surface area contributed by atoms with Gasteiger partial charge in [-0.1, -0.05) is 32.0 Å². The molecule has 1 aromatic rings. The van der Waals surface area contributed by atoms with E-state index in [1.165, 1.54) is 12.1 Å². The molecule has 1 aromatic carbocycles. The van der Waals surface area contributed by atoms with Crippen LogP contribution in [0.15, 0.2) is 24.3 Å². The fraction of sp³-hybridized carbons (Fsp3) is 0.533. The smallest absolute Gasteiger partial charge is 0.273 e. The molecule has 0 aromatic heterocycles. The van der Waals surface area contributed by atoms with Crippen LogP contribution in [0.25, 0.3) is 0 Å². The van der Waals surface area contributed by atoms with Gasteiger partial charge in [-0.05, 0) is 17.5 Å². The number of hydrogen-bond acceptors (Lipinski definition) is 2. The van der Waals surface area contributed by atoms with Crippen LogP contribution in [0.3, 0.4) is 0 Å². The van der Waals surface area contributed by atoms with Crippen LogP contribution in [0.1, 0.15) is 31.4 Å². The molecule has 102 valence electrons. The molecule has 0 atom stereocenters. The third kappa shape index (κ3) is 2.62. The van der Waals surface area contributed by atoms with E-state index in [1.807, 2.05) is 0 Å². The molecule has 2 rings (SSSR count). The molecule has 1 heterocycles. The average Bonchev–Trinajstić information content (AvgIpc) is 2.27. The maximum atomic E-state index is 14.1. The number of ether oxygens (including phenoxy) is 1. The van der Waals surface area contributed by atoms with Gasteiger partial charge in [-0.2, -0.15) is 5.26 Å². The molecule has 0 aliphatic carbocycles. The van der Waals surface area contributed by atoms with Gasteiger partial charge in [-0.15, -0.1) is 0 Å². The summed E-state index contributed by atoms with van der Waals surface area (Å²) in [5, 5.41) is 9.21. The Hall–Kier alpha value is -1.47. The molecule has 0 radical (unpaired) electrons. The zero-order valence-electron chi connectivity index (χ0n) is 11.1. The molecule has 4 heteroatoms. The van der Waals surface area contributed by atoms with Gasteiger partial charge in [-0.25, -0.2) is 8.78 Å². The molecule has 1 aliphatic rings. The topological polar surface area (TPSA) is 33.0 Å². The minimum atomic E-state index is -2.86. The van der Waals surface area contributed by atoms with Crippen LogP contribution in [0.5, 0.6) is 0 Å². The summed E-state index contributed by atoms with van der Waals surface area (Å²) in [5.74, 6) is -2.94. The van der Waals surface area contributed by atoms with Crippen molar-refractivity contribution in [3.05, 3.63) is 35.4 Å². The van der Waals surface area contributed by atoms with Crippen LogP contribution < -0.4 is 0 Å². The molecule has 0 bridgehead atoms. The van der Waals surface area contributed by atoms with Crippen molar-refractivity contribution in [2.45, 2.75) is 31.6 Å². The van der Waals surface area contributed by atoms with E-state index < -0.39 is 11.3 Å². The number of benzene rings is 1. The highest BCUT2D eigenvalue weighted by Gasteiger charge is 2.42. The van der Waals surface area contributed by atoms with E-state index in [0.29, 0.717) is 5.56 Å². The van der Waals surface area contributed by atoms with Crippen LogP contribution in [-0.4, -0.2) is 13.2 Å². The summed E-state index contributed by atoms with van der Waals surface area (Å²) in [7, 11) is 0. The van der Waals surface area contributed by atoms with Gasteiger partial charge >= 0.3 is 0 Å². The van der Waals surface area contributed by atoms with Crippen molar-refractivity contribution in [2.75, 3.05) is 13.2 Å². The first kappa shape index (κ1) is 14.0. The third-order valence-corrected chi connectivity index (χ3v) is 3.41. The first-order chi connectivity index (χ1) is 8.89. The highest BCUT2D eigenvalue weighted by Crippen LogP contribution is 2.38. The first-order valence-electron chi connectivity index (χ1n) is 6.37. The maximum absolute atomic E-state index is 14.1. The second kappa shape index (κ2) is 4.90. The molecule has 19 heavy (non-hydrogen) atoms. The number of rotatable bonds is 4. The summed E-state index contributed by atoms with van der Waals surface area (Å²) >= 11 is 0. The van der Waals surface area contributed by atoms with Crippen LogP contribution in [-0.2, 0) is 16.1 Å². The van der Waals surface area contributed by atoms with Crippen LogP contribution in [0.2, 0.25) is 0 Å². The Morgan fingerprint density at radius 1 is 1.42 bits per heavy atom. The van der Waals surface area contributed by atoms with Gasteiger partial charge in [0.15, 0.2) is 0 Å². The molecule has 0 unspecified atom stereocenters. The number of alkyl halides is 2. The van der Waals surface area contributed by atoms with Crippen molar-refractivity contribution in [1.29, 1.82) is 5.26 Å². The zero-order valence-corrected chi connectivity index (χ0v) is 11.1. The van der Waals surface area contributed by atoms with Gasteiger partial charge in [0.2, 0.25) is 0 Å². The molecule has 1 aliphatic heterocycles. The standard InChI is InChI=1S/C15H17F2NO/c1-11(2)7-15(16,17)13-5-3-4-12(6-13)14(8-18)9-19-10-14/h3-6,11H,7,9-10H2,1-2H3. The Labute approximate surface area is 112 Å². The summed E-state index contributed by atoms with van der Waals surface area (Å²) in [4.78, 5) is 0. The van der Waals surface area contributed by atoms with Crippen molar-refractivity contribution in [3.8, 4) is 6.07 Å². The Bertz CT molecular complexity index is 501. The predicted octanol–water partition coefficient (Wildman–Crippen LogP) is 3.62. The Morgan fingerprint density at radius 3 is 2.58 bits per heavy atom. The van der Waals surface area contributed by atoms with Gasteiger partial charge in [0, 0.05) is 12.0 Å². The average molecular weight is 265 g/mol. The lowest BCUT2D eigenvalue weighted by Crippen LogP contribution is -2.45. The molecule has 1 fully saturated rings. The Kier molecular flexibility index (Phi) is 3.60. The molecule has 0 amide bonds. The van der Waals surface area contributed by atoms with Gasteiger partial charge < -0.3 is 4.74 Å². The van der Waals surface area contributed by atoms with E-state index in [2.05, 4.69) is 6.07 Å². The lowest BCUT2D eigenvalue weighted by molar-refractivity contribution is -0.0328. The predicted molar refractivity (Wildman–Crippen MR) is 67.9 cm³/mol. The second-order valence-electron chi connectivity index (χ2n) is 5.57. The van der Waals surface area contributed by atoms with Crippen molar-refractivity contribution in [1.82, 2.24) is 0 Å². The monoisotopic (exact) mass is 265 g/mol. The third-order valence-electron chi connectivity index (χ3n) is 3.41. The highest BCUT2D eigenvalue weighted by molar-refractivity contribution is 5.39. The molecule has 1 saturated heterocycles. The van der Waals surface area contributed by atoms with Crippen LogP contribution >= 0.6 is 0 Å². The summed E-state index contributed by atoms with van der Waals surface area (Å²) in [6.07, 6.45) is -0.188. The Morgan fingerprint density at radius 2 is 2.11 bits per heavy atom. The fourth-order valence-electron chi connectivity index (χ4n) is 2.28. The zero-order chi connectivity index (χ0) is 14.1. The molecule has 0 saturated carbocycles. The first-order valence-corrected chi connectivity index (χ1v) is 6.37. The molecular weight excluding hydrogens is 248 g/mol. The number of nitrogens with zero attached hydrogens (tertiary/aromatic N) is 1. The summed E-state index contributed by atoms with van der Waals surface area (Å²) < 4.78 is 33.2. The minimum Gasteiger partial charge on any atom is -0.377 e. The van der Waals surface area contributed by atoms with Crippen LogP contribution in [0, 0.1) is 17.2 Å². The van der Waals surface area contributed by atoms with Gasteiger partial charge in [0.05, 0.1) is 19.3 Å². The van der Waals surface area contributed by atoms with E-state index >= 15 is 0 Å². The summed E-state index contributed by atoms with van der Waals surface area (Å²) in [6, 6.07) is 8.38. The molecule has 2 nitrogen and oxygen atoms in total. The maximum Gasteiger partial charge on any atom is 0.273 e. The summed E-state index contributed by atoms with van der Waals surface area (Å²) in [5.41, 5.74) is -0.133. The normalized spacial score (nSPS) is 17.9. The molecular formula is C15H17F2NO. The SMILES string of the molecule is CC(C)CC(F)(F)c1cccc(C2(C#N)COC2)c1. The Balaban J connectivity index is 2.32. The van der Waals surface area contributed by atoms with Crippen molar-refractivity contribution >= 4 is 0 Å². The largest absolute Gasteiger partial charge is 0.377 e. The molecule has 0 spiro atoms. The number of halogens is 2. The highest BCUT2D eigenvalue weighted by atomic mass is 19.3. The fourth-order valence-corrected chi connectivity index (χ4v) is 2.28. The number of nitriles is 1. The number of hydrogen-bond donors (Lipinski definition) is 0. The van der Waals surface area contributed by atoms with Gasteiger partial charge in [0.25, 0.3) is 5.92 Å². The van der Waals surface area contributed by atoms with Gasteiger partial charge in [-0.3, -0.25) is 0 Å². The van der Waals surface area contributed by atoms with E-state index in [1.54, 1.807) is 26.0 Å². The summed E-state index contributed by atoms with van der Waals surface area (Å²) in [6.45, 7) is 4.11. The quantitative estimate of drug-likeness (QED) is 0.833. The van der Waals surface area contributed by atoms with E-state index in [4.69, 9.17) is 4.74 Å². The second-order valence-corrected chi connectivity index (χ2v) is 5.57.